The molecular weight excluding hydrogens is 614 g/mol. The predicted octanol–water partition coefficient (Wildman–Crippen LogP) is 6.16. The summed E-state index contributed by atoms with van der Waals surface area (Å²) in [6.45, 7) is 6.13. The number of hydrogen-bond acceptors (Lipinski definition) is 5. The summed E-state index contributed by atoms with van der Waals surface area (Å²) in [5.74, 6) is 0.747. The molecular formula is C29H31Br2N3O4. The second kappa shape index (κ2) is 14.7. The van der Waals surface area contributed by atoms with Crippen molar-refractivity contribution in [2.75, 3.05) is 6.61 Å². The van der Waals surface area contributed by atoms with E-state index < -0.39 is 11.9 Å². The Morgan fingerprint density at radius 3 is 2.39 bits per heavy atom. The van der Waals surface area contributed by atoms with Crippen LogP contribution in [-0.4, -0.2) is 30.7 Å². The number of amides is 2. The minimum absolute atomic E-state index is 0.180. The van der Waals surface area contributed by atoms with Gasteiger partial charge in [-0.15, -0.1) is 0 Å². The Labute approximate surface area is 240 Å². The van der Waals surface area contributed by atoms with Gasteiger partial charge in [0.15, 0.2) is 6.61 Å². The van der Waals surface area contributed by atoms with Gasteiger partial charge in [0, 0.05) is 4.47 Å². The van der Waals surface area contributed by atoms with E-state index in [1.807, 2.05) is 81.4 Å². The van der Waals surface area contributed by atoms with E-state index in [2.05, 4.69) is 47.7 Å². The zero-order valence-electron chi connectivity index (χ0n) is 21.5. The van der Waals surface area contributed by atoms with Gasteiger partial charge in [0.1, 0.15) is 24.1 Å². The fourth-order valence-corrected chi connectivity index (χ4v) is 4.28. The monoisotopic (exact) mass is 643 g/mol. The Hall–Kier alpha value is -3.17. The van der Waals surface area contributed by atoms with Crippen LogP contribution in [0.25, 0.3) is 0 Å². The van der Waals surface area contributed by atoms with E-state index in [4.69, 9.17) is 9.47 Å². The number of carbonyl (C=O) groups excluding carboxylic acids is 2. The first-order valence-corrected chi connectivity index (χ1v) is 13.8. The number of hydrogen-bond donors (Lipinski definition) is 2. The van der Waals surface area contributed by atoms with Crippen LogP contribution in [-0.2, 0) is 16.2 Å². The molecule has 0 spiro atoms. The highest BCUT2D eigenvalue weighted by Gasteiger charge is 2.22. The molecule has 3 rings (SSSR count). The fourth-order valence-electron chi connectivity index (χ4n) is 3.51. The molecule has 0 aromatic heterocycles. The van der Waals surface area contributed by atoms with Gasteiger partial charge in [0.2, 0.25) is 0 Å². The standard InChI is InChI=1S/C29H31Br2N3O4/c1-19(2)14-25(33-28(35)18-38-26-7-5-4-6-20(26)3)29(36)34-32-16-22-10-13-27(24(31)15-22)37-17-21-8-11-23(30)12-9-21/h4-13,15-16,19,25H,14,17-18H2,1-3H3,(H,33,35)(H,34,36)/b32-16-/t25-/m0/s1. The second-order valence-electron chi connectivity index (χ2n) is 9.14. The number of aryl methyl sites for hydroxylation is 1. The molecule has 0 unspecified atom stereocenters. The summed E-state index contributed by atoms with van der Waals surface area (Å²) < 4.78 is 13.3. The van der Waals surface area contributed by atoms with Gasteiger partial charge < -0.3 is 14.8 Å². The highest BCUT2D eigenvalue weighted by Crippen LogP contribution is 2.26. The van der Waals surface area contributed by atoms with Crippen molar-refractivity contribution in [1.82, 2.24) is 10.7 Å². The van der Waals surface area contributed by atoms with E-state index in [1.54, 1.807) is 6.07 Å². The number of rotatable bonds is 12. The number of para-hydroxylation sites is 1. The molecule has 0 aliphatic carbocycles. The number of nitrogens with one attached hydrogen (secondary N) is 2. The Kier molecular flexibility index (Phi) is 11.4. The fraction of sp³-hybridized carbons (Fsp3) is 0.276. The van der Waals surface area contributed by atoms with Crippen LogP contribution < -0.4 is 20.2 Å². The quantitative estimate of drug-likeness (QED) is 0.183. The summed E-state index contributed by atoms with van der Waals surface area (Å²) in [5, 5.41) is 6.84. The summed E-state index contributed by atoms with van der Waals surface area (Å²) in [5.41, 5.74) is 5.29. The minimum atomic E-state index is -0.735. The van der Waals surface area contributed by atoms with Crippen LogP contribution in [0.2, 0.25) is 0 Å². The number of ether oxygens (including phenoxy) is 2. The molecule has 9 heteroatoms. The molecule has 7 nitrogen and oxygen atoms in total. The first kappa shape index (κ1) is 29.4. The van der Waals surface area contributed by atoms with Crippen molar-refractivity contribution in [2.45, 2.75) is 39.8 Å². The van der Waals surface area contributed by atoms with Crippen LogP contribution in [0.5, 0.6) is 11.5 Å². The molecule has 0 fully saturated rings. The molecule has 0 radical (unpaired) electrons. The SMILES string of the molecule is Cc1ccccc1OCC(=O)N[C@@H](CC(C)C)C(=O)N/N=C\c1ccc(OCc2ccc(Br)cc2)c(Br)c1. The largest absolute Gasteiger partial charge is 0.488 e. The van der Waals surface area contributed by atoms with Gasteiger partial charge in [-0.25, -0.2) is 5.43 Å². The summed E-state index contributed by atoms with van der Waals surface area (Å²) in [6, 6.07) is 20.2. The van der Waals surface area contributed by atoms with E-state index in [-0.39, 0.29) is 18.4 Å². The van der Waals surface area contributed by atoms with Crippen LogP contribution >= 0.6 is 31.9 Å². The van der Waals surface area contributed by atoms with Crippen molar-refractivity contribution in [3.05, 3.63) is 92.4 Å². The smallest absolute Gasteiger partial charge is 0.262 e. The third-order valence-corrected chi connectivity index (χ3v) is 6.61. The number of benzene rings is 3. The van der Waals surface area contributed by atoms with E-state index in [1.165, 1.54) is 6.21 Å². The Balaban J connectivity index is 1.53. The maximum atomic E-state index is 12.8. The zero-order valence-corrected chi connectivity index (χ0v) is 24.7. The summed E-state index contributed by atoms with van der Waals surface area (Å²) in [7, 11) is 0. The van der Waals surface area contributed by atoms with Gasteiger partial charge in [-0.05, 0) is 88.3 Å². The molecule has 0 heterocycles. The number of carbonyl (C=O) groups is 2. The van der Waals surface area contributed by atoms with E-state index in [0.29, 0.717) is 24.5 Å². The van der Waals surface area contributed by atoms with E-state index >= 15 is 0 Å². The van der Waals surface area contributed by atoms with Crippen LogP contribution in [0.3, 0.4) is 0 Å². The number of hydrazone groups is 1. The van der Waals surface area contributed by atoms with Gasteiger partial charge in [0.05, 0.1) is 10.7 Å². The molecule has 200 valence electrons. The molecule has 0 saturated heterocycles. The van der Waals surface area contributed by atoms with Crippen molar-refractivity contribution in [3.63, 3.8) is 0 Å². The van der Waals surface area contributed by atoms with Crippen molar-refractivity contribution in [2.24, 2.45) is 11.0 Å². The molecule has 0 aliphatic rings. The van der Waals surface area contributed by atoms with Gasteiger partial charge in [0.25, 0.3) is 11.8 Å². The Morgan fingerprint density at radius 2 is 1.71 bits per heavy atom. The maximum Gasteiger partial charge on any atom is 0.262 e. The third kappa shape index (κ3) is 9.61. The number of nitrogens with zero attached hydrogens (tertiary/aromatic N) is 1. The highest BCUT2D eigenvalue weighted by molar-refractivity contribution is 9.10. The van der Waals surface area contributed by atoms with Gasteiger partial charge in [-0.1, -0.05) is 60.1 Å². The zero-order chi connectivity index (χ0) is 27.5. The molecule has 0 bridgehead atoms. The third-order valence-electron chi connectivity index (χ3n) is 5.46. The molecule has 2 N–H and O–H groups in total. The predicted molar refractivity (Wildman–Crippen MR) is 156 cm³/mol. The first-order chi connectivity index (χ1) is 18.2. The summed E-state index contributed by atoms with van der Waals surface area (Å²) in [4.78, 5) is 25.3. The van der Waals surface area contributed by atoms with Crippen LogP contribution in [0.4, 0.5) is 0 Å². The van der Waals surface area contributed by atoms with Gasteiger partial charge >= 0.3 is 0 Å². The van der Waals surface area contributed by atoms with Crippen LogP contribution in [0.1, 0.15) is 37.0 Å². The van der Waals surface area contributed by atoms with Crippen LogP contribution in [0, 0.1) is 12.8 Å². The maximum absolute atomic E-state index is 12.8. The van der Waals surface area contributed by atoms with Gasteiger partial charge in [-0.3, -0.25) is 9.59 Å². The first-order valence-electron chi connectivity index (χ1n) is 12.2. The molecule has 3 aromatic carbocycles. The van der Waals surface area contributed by atoms with Crippen molar-refractivity contribution < 1.29 is 19.1 Å². The molecule has 0 aliphatic heterocycles. The normalized spacial score (nSPS) is 11.8. The summed E-state index contributed by atoms with van der Waals surface area (Å²) in [6.07, 6.45) is 2.00. The lowest BCUT2D eigenvalue weighted by Crippen LogP contribution is -2.47. The number of halogens is 2. The van der Waals surface area contributed by atoms with Crippen molar-refractivity contribution in [3.8, 4) is 11.5 Å². The van der Waals surface area contributed by atoms with Crippen molar-refractivity contribution >= 4 is 49.9 Å². The summed E-state index contributed by atoms with van der Waals surface area (Å²) >= 11 is 6.95. The highest BCUT2D eigenvalue weighted by atomic mass is 79.9. The molecule has 1 atom stereocenters. The lowest BCUT2D eigenvalue weighted by Gasteiger charge is -2.19. The average Bonchev–Trinajstić information content (AvgIpc) is 2.88. The Bertz CT molecular complexity index is 1260. The van der Waals surface area contributed by atoms with Crippen molar-refractivity contribution in [1.29, 1.82) is 0 Å². The molecule has 38 heavy (non-hydrogen) atoms. The molecule has 3 aromatic rings. The van der Waals surface area contributed by atoms with E-state index in [9.17, 15) is 9.59 Å². The lowest BCUT2D eigenvalue weighted by atomic mass is 10.0. The average molecular weight is 645 g/mol. The lowest BCUT2D eigenvalue weighted by molar-refractivity contribution is -0.130. The molecule has 0 saturated carbocycles. The van der Waals surface area contributed by atoms with E-state index in [0.717, 1.165) is 25.6 Å². The minimum Gasteiger partial charge on any atom is -0.488 e. The van der Waals surface area contributed by atoms with Crippen LogP contribution in [0.15, 0.2) is 80.8 Å². The molecule has 2 amide bonds. The topological polar surface area (TPSA) is 89.0 Å². The van der Waals surface area contributed by atoms with Gasteiger partial charge in [-0.2, -0.15) is 5.10 Å². The second-order valence-corrected chi connectivity index (χ2v) is 10.9. The Morgan fingerprint density at radius 1 is 0.974 bits per heavy atom.